The first-order valence-electron chi connectivity index (χ1n) is 8.86. The van der Waals surface area contributed by atoms with E-state index in [1.807, 2.05) is 13.1 Å². The van der Waals surface area contributed by atoms with Crippen molar-refractivity contribution in [2.24, 2.45) is 0 Å². The summed E-state index contributed by atoms with van der Waals surface area (Å²) < 4.78 is 11.4. The van der Waals surface area contributed by atoms with E-state index in [0.717, 1.165) is 66.7 Å². The fourth-order valence-corrected chi connectivity index (χ4v) is 3.25. The van der Waals surface area contributed by atoms with E-state index >= 15 is 0 Å². The largest absolute Gasteiger partial charge is 0.496 e. The molecule has 136 valence electrons. The van der Waals surface area contributed by atoms with Crippen molar-refractivity contribution < 1.29 is 9.47 Å². The third-order valence-corrected chi connectivity index (χ3v) is 4.60. The molecule has 3 heterocycles. The van der Waals surface area contributed by atoms with Crippen molar-refractivity contribution in [3.05, 3.63) is 34.7 Å². The van der Waals surface area contributed by atoms with Crippen molar-refractivity contribution in [2.45, 2.75) is 46.3 Å². The Labute approximate surface area is 148 Å². The van der Waals surface area contributed by atoms with E-state index in [9.17, 15) is 0 Å². The number of H-pyrrole nitrogens is 1. The van der Waals surface area contributed by atoms with E-state index in [1.165, 1.54) is 0 Å². The van der Waals surface area contributed by atoms with Crippen LogP contribution in [0.25, 0.3) is 0 Å². The van der Waals surface area contributed by atoms with E-state index in [2.05, 4.69) is 38.9 Å². The van der Waals surface area contributed by atoms with Crippen LogP contribution in [0.5, 0.6) is 5.75 Å². The average Bonchev–Trinajstić information content (AvgIpc) is 3.07. The van der Waals surface area contributed by atoms with Gasteiger partial charge in [0.05, 0.1) is 19.4 Å². The molecule has 0 spiro atoms. The van der Waals surface area contributed by atoms with Crippen LogP contribution in [0.3, 0.4) is 0 Å². The van der Waals surface area contributed by atoms with Gasteiger partial charge in [-0.1, -0.05) is 6.92 Å². The molecule has 1 saturated heterocycles. The molecule has 0 aromatic carbocycles. The summed E-state index contributed by atoms with van der Waals surface area (Å²) in [6, 6.07) is 0. The SMILES string of the molecule is CCCc1nc([C@H]2CN(Cc3ncc(C)c(OC)c3C)CCO2)n[nH]1. The van der Waals surface area contributed by atoms with E-state index in [4.69, 9.17) is 9.47 Å². The van der Waals surface area contributed by atoms with Crippen molar-refractivity contribution in [2.75, 3.05) is 26.8 Å². The molecule has 0 aliphatic carbocycles. The van der Waals surface area contributed by atoms with Crippen molar-refractivity contribution in [1.29, 1.82) is 0 Å². The quantitative estimate of drug-likeness (QED) is 0.866. The van der Waals surface area contributed by atoms with Crippen LogP contribution in [0.2, 0.25) is 0 Å². The maximum atomic E-state index is 5.89. The van der Waals surface area contributed by atoms with Crippen LogP contribution in [0.4, 0.5) is 0 Å². The molecule has 1 N–H and O–H groups in total. The summed E-state index contributed by atoms with van der Waals surface area (Å²) in [5, 5.41) is 7.34. The van der Waals surface area contributed by atoms with Crippen molar-refractivity contribution in [1.82, 2.24) is 25.1 Å². The monoisotopic (exact) mass is 345 g/mol. The standard InChI is InChI=1S/C18H27N5O2/c1-5-6-16-20-18(22-21-16)15-11-23(7-8-25-15)10-14-13(3)17(24-4)12(2)9-19-14/h9,15H,5-8,10-11H2,1-4H3,(H,20,21,22)/t15-/m1/s1. The summed E-state index contributed by atoms with van der Waals surface area (Å²) in [5.74, 6) is 2.60. The van der Waals surface area contributed by atoms with Gasteiger partial charge in [-0.15, -0.1) is 0 Å². The Morgan fingerprint density at radius 2 is 2.24 bits per heavy atom. The summed E-state index contributed by atoms with van der Waals surface area (Å²) in [4.78, 5) is 11.5. The maximum absolute atomic E-state index is 5.89. The van der Waals surface area contributed by atoms with E-state index < -0.39 is 0 Å². The number of hydrogen-bond donors (Lipinski definition) is 1. The first kappa shape index (κ1) is 17.8. The average molecular weight is 345 g/mol. The summed E-state index contributed by atoms with van der Waals surface area (Å²) >= 11 is 0. The molecule has 0 saturated carbocycles. The molecule has 3 rings (SSSR count). The lowest BCUT2D eigenvalue weighted by atomic mass is 10.1. The highest BCUT2D eigenvalue weighted by Crippen LogP contribution is 2.26. The third kappa shape index (κ3) is 3.99. The molecule has 1 aliphatic heterocycles. The number of aromatic nitrogens is 4. The second-order valence-electron chi connectivity index (χ2n) is 6.53. The Hall–Kier alpha value is -1.99. The van der Waals surface area contributed by atoms with Gasteiger partial charge in [0.15, 0.2) is 5.82 Å². The highest BCUT2D eigenvalue weighted by Gasteiger charge is 2.26. The van der Waals surface area contributed by atoms with Gasteiger partial charge >= 0.3 is 0 Å². The van der Waals surface area contributed by atoms with Gasteiger partial charge in [0.1, 0.15) is 17.7 Å². The zero-order valence-electron chi connectivity index (χ0n) is 15.5. The fourth-order valence-electron chi connectivity index (χ4n) is 3.25. The zero-order valence-corrected chi connectivity index (χ0v) is 15.5. The predicted octanol–water partition coefficient (Wildman–Crippen LogP) is 2.35. The molecule has 0 radical (unpaired) electrons. The summed E-state index contributed by atoms with van der Waals surface area (Å²) in [6.45, 7) is 9.30. The van der Waals surface area contributed by atoms with Crippen LogP contribution in [0, 0.1) is 13.8 Å². The van der Waals surface area contributed by atoms with E-state index in [1.54, 1.807) is 7.11 Å². The lowest BCUT2D eigenvalue weighted by Crippen LogP contribution is -2.38. The number of nitrogens with one attached hydrogen (secondary N) is 1. The summed E-state index contributed by atoms with van der Waals surface area (Å²) in [6.07, 6.45) is 3.75. The summed E-state index contributed by atoms with van der Waals surface area (Å²) in [5.41, 5.74) is 3.21. The maximum Gasteiger partial charge on any atom is 0.180 e. The van der Waals surface area contributed by atoms with E-state index in [-0.39, 0.29) is 6.10 Å². The molecule has 0 amide bonds. The van der Waals surface area contributed by atoms with Gasteiger partial charge in [0.2, 0.25) is 0 Å². The van der Waals surface area contributed by atoms with Crippen LogP contribution >= 0.6 is 0 Å². The topological polar surface area (TPSA) is 76.2 Å². The Morgan fingerprint density at radius 3 is 3.00 bits per heavy atom. The molecule has 1 aliphatic rings. The molecule has 7 nitrogen and oxygen atoms in total. The van der Waals surface area contributed by atoms with Crippen LogP contribution < -0.4 is 4.74 Å². The van der Waals surface area contributed by atoms with Gasteiger partial charge in [-0.25, -0.2) is 4.98 Å². The fraction of sp³-hybridized carbons (Fsp3) is 0.611. The van der Waals surface area contributed by atoms with Crippen LogP contribution in [0.1, 0.15) is 47.9 Å². The second-order valence-corrected chi connectivity index (χ2v) is 6.53. The molecule has 0 bridgehead atoms. The van der Waals surface area contributed by atoms with E-state index in [0.29, 0.717) is 6.61 Å². The molecular formula is C18H27N5O2. The number of hydrogen-bond acceptors (Lipinski definition) is 6. The predicted molar refractivity (Wildman–Crippen MR) is 94.6 cm³/mol. The van der Waals surface area contributed by atoms with Gasteiger partial charge in [-0.05, 0) is 20.3 Å². The van der Waals surface area contributed by atoms with Crippen molar-refractivity contribution in [3.8, 4) is 5.75 Å². The van der Waals surface area contributed by atoms with Crippen LogP contribution in [-0.2, 0) is 17.7 Å². The number of rotatable bonds is 6. The second kappa shape index (κ2) is 7.93. The minimum Gasteiger partial charge on any atom is -0.496 e. The molecule has 7 heteroatoms. The zero-order chi connectivity index (χ0) is 17.8. The first-order valence-corrected chi connectivity index (χ1v) is 8.86. The molecule has 0 unspecified atom stereocenters. The number of methoxy groups -OCH3 is 1. The van der Waals surface area contributed by atoms with Crippen molar-refractivity contribution >= 4 is 0 Å². The van der Waals surface area contributed by atoms with Gasteiger partial charge in [0, 0.05) is 43.4 Å². The Balaban J connectivity index is 1.69. The Kier molecular flexibility index (Phi) is 5.65. The van der Waals surface area contributed by atoms with Crippen LogP contribution in [0.15, 0.2) is 6.20 Å². The lowest BCUT2D eigenvalue weighted by Gasteiger charge is -2.31. The molecule has 2 aromatic rings. The van der Waals surface area contributed by atoms with Gasteiger partial charge in [-0.2, -0.15) is 5.10 Å². The van der Waals surface area contributed by atoms with Gasteiger partial charge in [-0.3, -0.25) is 15.0 Å². The highest BCUT2D eigenvalue weighted by molar-refractivity contribution is 5.41. The van der Waals surface area contributed by atoms with Crippen LogP contribution in [-0.4, -0.2) is 51.9 Å². The Morgan fingerprint density at radius 1 is 1.40 bits per heavy atom. The molecule has 2 aromatic heterocycles. The molecule has 25 heavy (non-hydrogen) atoms. The number of aryl methyl sites for hydroxylation is 2. The normalized spacial score (nSPS) is 18.5. The summed E-state index contributed by atoms with van der Waals surface area (Å²) in [7, 11) is 1.71. The Bertz CT molecular complexity index is 715. The number of aromatic amines is 1. The smallest absolute Gasteiger partial charge is 0.180 e. The number of morpholine rings is 1. The van der Waals surface area contributed by atoms with Gasteiger partial charge < -0.3 is 9.47 Å². The number of ether oxygens (including phenoxy) is 2. The minimum absolute atomic E-state index is 0.0942. The van der Waals surface area contributed by atoms with Crippen molar-refractivity contribution in [3.63, 3.8) is 0 Å². The molecule has 1 fully saturated rings. The number of pyridine rings is 1. The first-order chi connectivity index (χ1) is 12.1. The third-order valence-electron chi connectivity index (χ3n) is 4.60. The lowest BCUT2D eigenvalue weighted by molar-refractivity contribution is -0.0375. The molecule has 1 atom stereocenters. The minimum atomic E-state index is -0.0942. The molecular weight excluding hydrogens is 318 g/mol. The highest BCUT2D eigenvalue weighted by atomic mass is 16.5. The number of nitrogens with zero attached hydrogens (tertiary/aromatic N) is 4. The van der Waals surface area contributed by atoms with Gasteiger partial charge in [0.25, 0.3) is 0 Å².